The van der Waals surface area contributed by atoms with Crippen molar-refractivity contribution >= 4 is 12.0 Å². The molecule has 0 fully saturated rings. The Labute approximate surface area is 120 Å². The molecule has 0 aliphatic heterocycles. The van der Waals surface area contributed by atoms with Crippen LogP contribution in [-0.2, 0) is 11.8 Å². The molecule has 1 N–H and O–H groups in total. The normalized spacial score (nSPS) is 12.2. The van der Waals surface area contributed by atoms with Crippen LogP contribution in [0.5, 0.6) is 0 Å². The average Bonchev–Trinajstić information content (AvgIpc) is 2.57. The van der Waals surface area contributed by atoms with Gasteiger partial charge in [-0.25, -0.2) is 0 Å². The Morgan fingerprint density at radius 2 is 2.05 bits per heavy atom. The number of hydrogen-bond donors (Lipinski definition) is 1. The maximum atomic E-state index is 12.2. The highest BCUT2D eigenvalue weighted by atomic mass is 16.3. The van der Waals surface area contributed by atoms with Crippen LogP contribution in [0.2, 0.25) is 0 Å². The number of carbonyl (C=O) groups excluding carboxylic acids is 1. The monoisotopic (exact) mass is 279 g/mol. The molecule has 1 amide bonds. The second-order valence-corrected chi connectivity index (χ2v) is 5.71. The summed E-state index contributed by atoms with van der Waals surface area (Å²) in [6, 6.07) is 0. The summed E-state index contributed by atoms with van der Waals surface area (Å²) < 4.78 is 1.80. The average molecular weight is 279 g/mol. The molecular formula is C15H25N3O2. The largest absolute Gasteiger partial charge is 0.389 e. The van der Waals surface area contributed by atoms with Crippen molar-refractivity contribution in [1.82, 2.24) is 14.7 Å². The molecule has 0 atom stereocenters. The molecule has 1 rings (SSSR count). The predicted molar refractivity (Wildman–Crippen MR) is 80.3 cm³/mol. The van der Waals surface area contributed by atoms with Gasteiger partial charge in [0.25, 0.3) is 0 Å². The first-order chi connectivity index (χ1) is 9.15. The van der Waals surface area contributed by atoms with Crippen molar-refractivity contribution in [3.63, 3.8) is 0 Å². The first-order valence-corrected chi connectivity index (χ1v) is 6.85. The molecule has 0 saturated carbocycles. The lowest BCUT2D eigenvalue weighted by atomic mass is 10.1. The summed E-state index contributed by atoms with van der Waals surface area (Å²) in [5.74, 6) is -0.0997. The fourth-order valence-electron chi connectivity index (χ4n) is 2.10. The van der Waals surface area contributed by atoms with Gasteiger partial charge in [-0.05, 0) is 40.7 Å². The number of likely N-dealkylation sites (N-methyl/N-ethyl adjacent to an activating group) is 1. The van der Waals surface area contributed by atoms with Crippen LogP contribution < -0.4 is 0 Å². The lowest BCUT2D eigenvalue weighted by Crippen LogP contribution is -2.41. The number of aromatic nitrogens is 2. The van der Waals surface area contributed by atoms with Crippen LogP contribution in [-0.4, -0.2) is 44.4 Å². The van der Waals surface area contributed by atoms with Gasteiger partial charge >= 0.3 is 0 Å². The van der Waals surface area contributed by atoms with Crippen LogP contribution in [0.3, 0.4) is 0 Å². The maximum Gasteiger partial charge on any atom is 0.246 e. The minimum atomic E-state index is -0.889. The third kappa shape index (κ3) is 4.20. The molecule has 0 saturated heterocycles. The molecular weight excluding hydrogens is 254 g/mol. The van der Waals surface area contributed by atoms with E-state index in [0.717, 1.165) is 17.0 Å². The summed E-state index contributed by atoms with van der Waals surface area (Å²) in [5.41, 5.74) is 2.01. The van der Waals surface area contributed by atoms with E-state index in [1.807, 2.05) is 27.8 Å². The topological polar surface area (TPSA) is 58.4 Å². The zero-order valence-corrected chi connectivity index (χ0v) is 13.3. The number of amides is 1. The van der Waals surface area contributed by atoms with Gasteiger partial charge in [0.15, 0.2) is 0 Å². The van der Waals surface area contributed by atoms with Crippen LogP contribution in [0.1, 0.15) is 37.7 Å². The number of nitrogens with zero attached hydrogens (tertiary/aromatic N) is 3. The van der Waals surface area contributed by atoms with Crippen molar-refractivity contribution in [2.45, 2.75) is 40.2 Å². The summed E-state index contributed by atoms with van der Waals surface area (Å²) in [6.45, 7) is 10.1. The summed E-state index contributed by atoms with van der Waals surface area (Å²) >= 11 is 0. The number of rotatable bonds is 5. The molecule has 5 heteroatoms. The summed E-state index contributed by atoms with van der Waals surface area (Å²) in [4.78, 5) is 13.8. The quantitative estimate of drug-likeness (QED) is 0.834. The molecule has 0 radical (unpaired) electrons. The van der Waals surface area contributed by atoms with E-state index in [4.69, 9.17) is 0 Å². The van der Waals surface area contributed by atoms with Gasteiger partial charge in [0.1, 0.15) is 0 Å². The van der Waals surface area contributed by atoms with Crippen molar-refractivity contribution in [3.05, 3.63) is 23.0 Å². The van der Waals surface area contributed by atoms with Gasteiger partial charge in [-0.2, -0.15) is 5.10 Å². The van der Waals surface area contributed by atoms with Crippen molar-refractivity contribution in [2.75, 3.05) is 13.1 Å². The van der Waals surface area contributed by atoms with Crippen molar-refractivity contribution < 1.29 is 9.90 Å². The Bertz CT molecular complexity index is 510. The van der Waals surface area contributed by atoms with Gasteiger partial charge in [-0.3, -0.25) is 9.48 Å². The maximum absolute atomic E-state index is 12.2. The van der Waals surface area contributed by atoms with E-state index in [0.29, 0.717) is 13.1 Å². The molecule has 1 aromatic heterocycles. The smallest absolute Gasteiger partial charge is 0.246 e. The van der Waals surface area contributed by atoms with E-state index in [2.05, 4.69) is 5.10 Å². The molecule has 0 spiro atoms. The van der Waals surface area contributed by atoms with Crippen molar-refractivity contribution in [1.29, 1.82) is 0 Å². The summed E-state index contributed by atoms with van der Waals surface area (Å²) in [7, 11) is 1.88. The van der Waals surface area contributed by atoms with E-state index in [9.17, 15) is 9.90 Å². The first kappa shape index (κ1) is 16.4. The molecule has 5 nitrogen and oxygen atoms in total. The fraction of sp³-hybridized carbons (Fsp3) is 0.600. The lowest BCUT2D eigenvalue weighted by molar-refractivity contribution is -0.128. The number of aliphatic hydroxyl groups is 1. The minimum absolute atomic E-state index is 0.0997. The van der Waals surface area contributed by atoms with Crippen LogP contribution in [0, 0.1) is 13.8 Å². The molecule has 0 aromatic carbocycles. The molecule has 1 aromatic rings. The zero-order valence-electron chi connectivity index (χ0n) is 13.3. The molecule has 0 aliphatic carbocycles. The summed E-state index contributed by atoms with van der Waals surface area (Å²) in [6.07, 6.45) is 3.35. The van der Waals surface area contributed by atoms with Gasteiger partial charge in [-0.1, -0.05) is 0 Å². The second kappa shape index (κ2) is 6.22. The Hall–Kier alpha value is -1.62. The van der Waals surface area contributed by atoms with Crippen molar-refractivity contribution in [2.24, 2.45) is 7.05 Å². The Balaban J connectivity index is 2.85. The molecule has 0 unspecified atom stereocenters. The van der Waals surface area contributed by atoms with E-state index >= 15 is 0 Å². The Kier molecular flexibility index (Phi) is 5.11. The fourth-order valence-corrected chi connectivity index (χ4v) is 2.10. The van der Waals surface area contributed by atoms with E-state index in [-0.39, 0.29) is 5.91 Å². The lowest BCUT2D eigenvalue weighted by Gasteiger charge is -2.27. The van der Waals surface area contributed by atoms with Crippen LogP contribution in [0.4, 0.5) is 0 Å². The van der Waals surface area contributed by atoms with Gasteiger partial charge in [-0.15, -0.1) is 0 Å². The highest BCUT2D eigenvalue weighted by molar-refractivity contribution is 5.92. The summed E-state index contributed by atoms with van der Waals surface area (Å²) in [5, 5.41) is 14.1. The standard InChI is InChI=1S/C15H25N3O2/c1-7-18(10-15(4,5)20)14(19)9-8-13-11(2)16-17(6)12(13)3/h8-9,20H,7,10H2,1-6H3. The third-order valence-corrected chi connectivity index (χ3v) is 3.23. The Morgan fingerprint density at radius 1 is 1.45 bits per heavy atom. The first-order valence-electron chi connectivity index (χ1n) is 6.85. The zero-order chi connectivity index (χ0) is 15.5. The second-order valence-electron chi connectivity index (χ2n) is 5.71. The van der Waals surface area contributed by atoms with Gasteiger partial charge < -0.3 is 10.0 Å². The number of aryl methyl sites for hydroxylation is 2. The Morgan fingerprint density at radius 3 is 2.45 bits per heavy atom. The van der Waals surface area contributed by atoms with Crippen molar-refractivity contribution in [3.8, 4) is 0 Å². The molecule has 0 aliphatic rings. The molecule has 112 valence electrons. The third-order valence-electron chi connectivity index (χ3n) is 3.23. The molecule has 0 bridgehead atoms. The van der Waals surface area contributed by atoms with Gasteiger partial charge in [0.05, 0.1) is 11.3 Å². The van der Waals surface area contributed by atoms with Crippen LogP contribution >= 0.6 is 0 Å². The van der Waals surface area contributed by atoms with Gasteiger partial charge in [0.2, 0.25) is 5.91 Å². The van der Waals surface area contributed by atoms with E-state index in [1.54, 1.807) is 35.6 Å². The number of hydrogen-bond acceptors (Lipinski definition) is 3. The SMILES string of the molecule is CCN(CC(C)(C)O)C(=O)C=Cc1c(C)nn(C)c1C. The van der Waals surface area contributed by atoms with Crippen LogP contribution in [0.15, 0.2) is 6.08 Å². The minimum Gasteiger partial charge on any atom is -0.389 e. The van der Waals surface area contributed by atoms with Gasteiger partial charge in [0, 0.05) is 37.5 Å². The molecule has 20 heavy (non-hydrogen) atoms. The van der Waals surface area contributed by atoms with Crippen LogP contribution in [0.25, 0.3) is 6.08 Å². The van der Waals surface area contributed by atoms with E-state index < -0.39 is 5.60 Å². The highest BCUT2D eigenvalue weighted by Crippen LogP contribution is 2.14. The van der Waals surface area contributed by atoms with E-state index in [1.165, 1.54) is 0 Å². The number of carbonyl (C=O) groups is 1. The predicted octanol–water partition coefficient (Wildman–Crippen LogP) is 1.67. The highest BCUT2D eigenvalue weighted by Gasteiger charge is 2.19. The molecule has 1 heterocycles.